The van der Waals surface area contributed by atoms with Gasteiger partial charge in [0.1, 0.15) is 17.7 Å². The first-order valence-corrected chi connectivity index (χ1v) is 9.45. The highest BCUT2D eigenvalue weighted by Crippen LogP contribution is 2.29. The van der Waals surface area contributed by atoms with Crippen LogP contribution >= 0.6 is 0 Å². The van der Waals surface area contributed by atoms with Crippen molar-refractivity contribution in [3.8, 4) is 0 Å². The van der Waals surface area contributed by atoms with E-state index in [0.29, 0.717) is 0 Å². The average Bonchev–Trinajstić information content (AvgIpc) is 3.08. The van der Waals surface area contributed by atoms with Crippen molar-refractivity contribution in [3.63, 3.8) is 0 Å². The molecule has 3 atom stereocenters. The Labute approximate surface area is 167 Å². The molecule has 1 aromatic carbocycles. The third-order valence-corrected chi connectivity index (χ3v) is 4.72. The monoisotopic (exact) mass is 413 g/mol. The maximum absolute atomic E-state index is 13.9. The lowest BCUT2D eigenvalue weighted by atomic mass is 9.96. The molecule has 1 aliphatic heterocycles. The number of hydrogen-bond acceptors (Lipinski definition) is 5. The lowest BCUT2D eigenvalue weighted by molar-refractivity contribution is -0.177. The predicted octanol–water partition coefficient (Wildman–Crippen LogP) is 3.35. The van der Waals surface area contributed by atoms with E-state index in [2.05, 4.69) is 0 Å². The summed E-state index contributed by atoms with van der Waals surface area (Å²) >= 11 is 0. The third-order valence-electron chi connectivity index (χ3n) is 4.72. The van der Waals surface area contributed by atoms with Gasteiger partial charge in [-0.3, -0.25) is 9.69 Å². The van der Waals surface area contributed by atoms with Crippen LogP contribution in [0.3, 0.4) is 0 Å². The van der Waals surface area contributed by atoms with Gasteiger partial charge in [-0.05, 0) is 42.5 Å². The molecule has 0 aliphatic carbocycles. The topological polar surface area (TPSA) is 93.1 Å². The molecule has 1 heterocycles. The highest BCUT2D eigenvalue weighted by Gasteiger charge is 2.42. The molecule has 1 aromatic rings. The van der Waals surface area contributed by atoms with E-state index < -0.39 is 47.9 Å². The van der Waals surface area contributed by atoms with Crippen molar-refractivity contribution in [2.24, 2.45) is 11.8 Å². The molecule has 1 aliphatic rings. The van der Waals surface area contributed by atoms with Gasteiger partial charge in [0, 0.05) is 18.9 Å². The third kappa shape index (κ3) is 5.88. The Morgan fingerprint density at radius 3 is 2.52 bits per heavy atom. The van der Waals surface area contributed by atoms with E-state index in [1.54, 1.807) is 20.8 Å². The molecule has 0 aromatic heterocycles. The number of carbonyl (C=O) groups is 3. The van der Waals surface area contributed by atoms with Gasteiger partial charge in [0.15, 0.2) is 0 Å². The van der Waals surface area contributed by atoms with Gasteiger partial charge in [-0.15, -0.1) is 0 Å². The molecular weight excluding hydrogens is 388 g/mol. The number of carbonyl (C=O) groups excluding carboxylic acids is 2. The second-order valence-corrected chi connectivity index (χ2v) is 7.39. The molecule has 0 bridgehead atoms. The normalized spacial score (nSPS) is 19.9. The first-order chi connectivity index (χ1) is 13.6. The zero-order chi connectivity index (χ0) is 21.7. The molecule has 0 unspecified atom stereocenters. The van der Waals surface area contributed by atoms with E-state index in [4.69, 9.17) is 9.47 Å². The zero-order valence-corrected chi connectivity index (χ0v) is 16.6. The lowest BCUT2D eigenvalue weighted by Gasteiger charge is -2.26. The first kappa shape index (κ1) is 22.6. The number of hydrogen-bond donors (Lipinski definition) is 1. The summed E-state index contributed by atoms with van der Waals surface area (Å²) < 4.78 is 37.6. The smallest absolute Gasteiger partial charge is 0.413 e. The van der Waals surface area contributed by atoms with Crippen LogP contribution in [0.4, 0.5) is 13.6 Å². The van der Waals surface area contributed by atoms with Gasteiger partial charge in [-0.25, -0.2) is 18.4 Å². The predicted molar refractivity (Wildman–Crippen MR) is 97.8 cm³/mol. The Kier molecular flexibility index (Phi) is 7.53. The first-order valence-electron chi connectivity index (χ1n) is 9.45. The van der Waals surface area contributed by atoms with Crippen LogP contribution in [-0.2, 0) is 25.5 Å². The summed E-state index contributed by atoms with van der Waals surface area (Å²) in [5, 5.41) is 9.47. The van der Waals surface area contributed by atoms with Gasteiger partial charge in [-0.2, -0.15) is 0 Å². The van der Waals surface area contributed by atoms with E-state index in [1.165, 1.54) is 0 Å². The molecule has 2 rings (SSSR count). The highest BCUT2D eigenvalue weighted by atomic mass is 19.1. The summed E-state index contributed by atoms with van der Waals surface area (Å²) in [6, 6.07) is 1.90. The van der Waals surface area contributed by atoms with Crippen molar-refractivity contribution in [2.45, 2.75) is 52.4 Å². The Balaban J connectivity index is 2.11. The molecule has 7 nitrogen and oxygen atoms in total. The molecule has 1 amide bonds. The number of ether oxygens (including phenoxy) is 2. The number of nitrogens with zero attached hydrogens (tertiary/aromatic N) is 1. The van der Waals surface area contributed by atoms with Crippen LogP contribution in [0.1, 0.15) is 39.2 Å². The standard InChI is InChI=1S/C20H25F2NO6/c1-4-17(24)28-19(11(2)3)29-20(27)23-10-12(8-16(23)18(25)26)7-13-9-14(21)5-6-15(13)22/h5-6,9,11-12,16,19H,4,7-8,10H2,1-3H3,(H,25,26)/t12-,16-,19-/m0/s1. The molecule has 0 spiro atoms. The van der Waals surface area contributed by atoms with Gasteiger partial charge in [0.2, 0.25) is 0 Å². The van der Waals surface area contributed by atoms with Crippen LogP contribution in [0.15, 0.2) is 18.2 Å². The molecule has 9 heteroatoms. The SMILES string of the molecule is CCC(=O)O[C@@H](OC(=O)N1C[C@@H](Cc2cc(F)ccc2F)C[C@H]1C(=O)O)C(C)C. The number of carboxylic acid groups (broad SMARTS) is 1. The fraction of sp³-hybridized carbons (Fsp3) is 0.550. The van der Waals surface area contributed by atoms with Crippen LogP contribution in [-0.4, -0.2) is 46.9 Å². The number of aliphatic carboxylic acids is 1. The fourth-order valence-corrected chi connectivity index (χ4v) is 3.19. The number of rotatable bonds is 7. The van der Waals surface area contributed by atoms with Crippen LogP contribution < -0.4 is 0 Å². The summed E-state index contributed by atoms with van der Waals surface area (Å²) in [7, 11) is 0. The lowest BCUT2D eigenvalue weighted by Crippen LogP contribution is -2.43. The van der Waals surface area contributed by atoms with Crippen molar-refractivity contribution in [2.75, 3.05) is 6.54 Å². The van der Waals surface area contributed by atoms with E-state index in [-0.39, 0.29) is 37.3 Å². The number of esters is 1. The number of benzene rings is 1. The average molecular weight is 413 g/mol. The van der Waals surface area contributed by atoms with Crippen LogP contribution in [0.2, 0.25) is 0 Å². The van der Waals surface area contributed by atoms with E-state index in [9.17, 15) is 28.3 Å². The molecule has 0 radical (unpaired) electrons. The second kappa shape index (κ2) is 9.67. The van der Waals surface area contributed by atoms with E-state index in [0.717, 1.165) is 23.1 Å². The molecule has 1 fully saturated rings. The summed E-state index contributed by atoms with van der Waals surface area (Å²) in [4.78, 5) is 36.7. The van der Waals surface area contributed by atoms with Gasteiger partial charge < -0.3 is 14.6 Å². The van der Waals surface area contributed by atoms with Gasteiger partial charge in [0.25, 0.3) is 6.29 Å². The van der Waals surface area contributed by atoms with Crippen molar-refractivity contribution < 1.29 is 37.7 Å². The fourth-order valence-electron chi connectivity index (χ4n) is 3.19. The second-order valence-electron chi connectivity index (χ2n) is 7.39. The Morgan fingerprint density at radius 1 is 1.24 bits per heavy atom. The minimum atomic E-state index is -1.23. The minimum Gasteiger partial charge on any atom is -0.480 e. The van der Waals surface area contributed by atoms with Gasteiger partial charge in [0.05, 0.1) is 0 Å². The molecule has 1 saturated heterocycles. The van der Waals surface area contributed by atoms with Crippen molar-refractivity contribution in [1.29, 1.82) is 0 Å². The van der Waals surface area contributed by atoms with Crippen molar-refractivity contribution >= 4 is 18.0 Å². The Bertz CT molecular complexity index is 769. The quantitative estimate of drug-likeness (QED) is 0.544. The number of carboxylic acids is 1. The van der Waals surface area contributed by atoms with Crippen molar-refractivity contribution in [1.82, 2.24) is 4.90 Å². The number of halogens is 2. The van der Waals surface area contributed by atoms with E-state index >= 15 is 0 Å². The summed E-state index contributed by atoms with van der Waals surface area (Å²) in [6.45, 7) is 4.97. The molecule has 160 valence electrons. The number of amides is 1. The summed E-state index contributed by atoms with van der Waals surface area (Å²) in [5.74, 6) is -3.69. The maximum Gasteiger partial charge on any atom is 0.413 e. The minimum absolute atomic E-state index is 0.00169. The van der Waals surface area contributed by atoms with Crippen LogP contribution in [0.5, 0.6) is 0 Å². The largest absolute Gasteiger partial charge is 0.480 e. The molecule has 29 heavy (non-hydrogen) atoms. The molecule has 0 saturated carbocycles. The summed E-state index contributed by atoms with van der Waals surface area (Å²) in [5.41, 5.74) is 0.117. The van der Waals surface area contributed by atoms with Gasteiger partial charge in [-0.1, -0.05) is 20.8 Å². The number of likely N-dealkylation sites (tertiary alicyclic amines) is 1. The molecular formula is C20H25F2NO6. The maximum atomic E-state index is 13.9. The van der Waals surface area contributed by atoms with Gasteiger partial charge >= 0.3 is 18.0 Å². The van der Waals surface area contributed by atoms with Crippen LogP contribution in [0, 0.1) is 23.5 Å². The zero-order valence-electron chi connectivity index (χ0n) is 16.6. The Hall–Kier alpha value is -2.71. The molecule has 1 N–H and O–H groups in total. The highest BCUT2D eigenvalue weighted by molar-refractivity contribution is 5.81. The Morgan fingerprint density at radius 2 is 1.93 bits per heavy atom. The van der Waals surface area contributed by atoms with E-state index in [1.807, 2.05) is 0 Å². The van der Waals surface area contributed by atoms with Crippen LogP contribution in [0.25, 0.3) is 0 Å². The summed E-state index contributed by atoms with van der Waals surface area (Å²) in [6.07, 6.45) is -1.83. The van der Waals surface area contributed by atoms with Crippen molar-refractivity contribution in [3.05, 3.63) is 35.4 Å².